The predicted octanol–water partition coefficient (Wildman–Crippen LogP) is 5.85. The Hall–Kier alpha value is -2.43. The van der Waals surface area contributed by atoms with Crippen molar-refractivity contribution >= 4 is 34.0 Å². The van der Waals surface area contributed by atoms with Gasteiger partial charge in [-0.15, -0.1) is 0 Å². The average Bonchev–Trinajstić information content (AvgIpc) is 2.68. The Balaban J connectivity index is 1.45. The zero-order chi connectivity index (χ0) is 21.0. The number of rotatable bonds is 7. The lowest BCUT2D eigenvalue weighted by molar-refractivity contribution is -0.124. The lowest BCUT2D eigenvalue weighted by atomic mass is 9.64. The number of hydrogen-bond donors (Lipinski definition) is 1. The number of hydrogen-bond acceptors (Lipinski definition) is 2. The fraction of sp³-hybridized carbons (Fsp3) is 0.240. The molecule has 3 aromatic carbocycles. The highest BCUT2D eigenvalue weighted by Gasteiger charge is 2.45. The number of carbonyl (C=O) groups excluding carboxylic acids is 1. The van der Waals surface area contributed by atoms with E-state index in [4.69, 9.17) is 11.6 Å². The van der Waals surface area contributed by atoms with Crippen molar-refractivity contribution in [2.24, 2.45) is 0 Å². The van der Waals surface area contributed by atoms with Crippen LogP contribution < -0.4 is 5.32 Å². The van der Waals surface area contributed by atoms with Crippen LogP contribution >= 0.6 is 11.6 Å². The number of benzene rings is 3. The minimum absolute atomic E-state index is 0.00132. The summed E-state index contributed by atoms with van der Waals surface area (Å²) in [5.74, 6) is 0.978. The summed E-state index contributed by atoms with van der Waals surface area (Å²) in [4.78, 5) is 13.2. The van der Waals surface area contributed by atoms with Gasteiger partial charge in [-0.3, -0.25) is 9.00 Å². The molecular weight excluding hydrogens is 414 g/mol. The highest BCUT2D eigenvalue weighted by molar-refractivity contribution is 7.83. The van der Waals surface area contributed by atoms with E-state index >= 15 is 0 Å². The van der Waals surface area contributed by atoms with Gasteiger partial charge in [0, 0.05) is 33.0 Å². The fourth-order valence-corrected chi connectivity index (χ4v) is 5.36. The van der Waals surface area contributed by atoms with Crippen LogP contribution in [-0.2, 0) is 32.5 Å². The van der Waals surface area contributed by atoms with Crippen molar-refractivity contribution in [2.45, 2.75) is 36.2 Å². The molecule has 1 amide bonds. The van der Waals surface area contributed by atoms with Crippen molar-refractivity contribution in [3.05, 3.63) is 101 Å². The monoisotopic (exact) mass is 437 g/mol. The molecule has 0 bridgehead atoms. The average molecular weight is 438 g/mol. The summed E-state index contributed by atoms with van der Waals surface area (Å²) < 4.78 is 12.6. The van der Waals surface area contributed by atoms with Crippen LogP contribution in [0.2, 0.25) is 5.02 Å². The highest BCUT2D eigenvalue weighted by atomic mass is 35.5. The Morgan fingerprint density at radius 2 is 1.60 bits per heavy atom. The molecule has 154 valence electrons. The molecule has 5 heteroatoms. The van der Waals surface area contributed by atoms with Gasteiger partial charge in [-0.1, -0.05) is 72.6 Å². The van der Waals surface area contributed by atoms with E-state index in [-0.39, 0.29) is 5.91 Å². The number of anilines is 1. The van der Waals surface area contributed by atoms with Gasteiger partial charge in [-0.05, 0) is 53.8 Å². The predicted molar refractivity (Wildman–Crippen MR) is 124 cm³/mol. The van der Waals surface area contributed by atoms with E-state index in [0.717, 1.165) is 41.6 Å². The fourth-order valence-electron chi connectivity index (χ4n) is 3.95. The highest BCUT2D eigenvalue weighted by Crippen LogP contribution is 2.45. The van der Waals surface area contributed by atoms with Crippen LogP contribution in [0.4, 0.5) is 5.69 Å². The van der Waals surface area contributed by atoms with E-state index in [0.29, 0.717) is 16.5 Å². The van der Waals surface area contributed by atoms with E-state index in [2.05, 4.69) is 5.32 Å². The van der Waals surface area contributed by atoms with Gasteiger partial charge in [0.1, 0.15) is 0 Å². The molecule has 1 N–H and O–H groups in total. The molecule has 30 heavy (non-hydrogen) atoms. The third-order valence-corrected chi connectivity index (χ3v) is 7.25. The number of nitrogens with one attached hydrogen (secondary N) is 1. The molecule has 0 radical (unpaired) electrons. The van der Waals surface area contributed by atoms with Crippen molar-refractivity contribution in [3.63, 3.8) is 0 Å². The third-order valence-electron chi connectivity index (χ3n) is 5.70. The first-order valence-electron chi connectivity index (χ1n) is 10.1. The smallest absolute Gasteiger partial charge is 0.235 e. The zero-order valence-electron chi connectivity index (χ0n) is 16.6. The first-order chi connectivity index (χ1) is 14.5. The molecular formula is C25H24ClNO2S. The molecule has 1 aliphatic carbocycles. The van der Waals surface area contributed by atoms with Gasteiger partial charge in [0.25, 0.3) is 0 Å². The van der Waals surface area contributed by atoms with Gasteiger partial charge < -0.3 is 5.32 Å². The van der Waals surface area contributed by atoms with Gasteiger partial charge in [0.05, 0.1) is 5.41 Å². The van der Waals surface area contributed by atoms with E-state index < -0.39 is 16.2 Å². The van der Waals surface area contributed by atoms with Crippen LogP contribution in [0.5, 0.6) is 0 Å². The summed E-state index contributed by atoms with van der Waals surface area (Å²) in [7, 11) is -1.01. The second kappa shape index (κ2) is 9.15. The van der Waals surface area contributed by atoms with E-state index in [1.54, 1.807) is 0 Å². The Morgan fingerprint density at radius 3 is 2.30 bits per heavy atom. The molecule has 1 atom stereocenters. The molecule has 0 heterocycles. The normalized spacial score (nSPS) is 15.8. The van der Waals surface area contributed by atoms with Crippen molar-refractivity contribution < 1.29 is 9.00 Å². The first-order valence-corrected chi connectivity index (χ1v) is 12.0. The molecule has 1 aliphatic rings. The molecule has 1 fully saturated rings. The molecule has 3 nitrogen and oxygen atoms in total. The van der Waals surface area contributed by atoms with Gasteiger partial charge in [0.2, 0.25) is 5.91 Å². The summed E-state index contributed by atoms with van der Waals surface area (Å²) in [5.41, 5.74) is 3.21. The van der Waals surface area contributed by atoms with E-state index in [9.17, 15) is 9.00 Å². The van der Waals surface area contributed by atoms with Gasteiger partial charge >= 0.3 is 0 Å². The Bertz CT molecular complexity index is 1060. The van der Waals surface area contributed by atoms with Crippen molar-refractivity contribution in [1.82, 2.24) is 0 Å². The Labute approximate surface area is 184 Å². The number of carbonyl (C=O) groups is 1. The standard InChI is InChI=1S/C25H24ClNO2S/c26-22-11-5-10-21(16-22)25(13-6-14-25)24(28)27-23-12-4-9-20(15-23)18-30(29)17-19-7-2-1-3-8-19/h1-5,7-12,15-16H,6,13-14,17-18H2,(H,27,28). The second-order valence-electron chi connectivity index (χ2n) is 7.81. The second-order valence-corrected chi connectivity index (χ2v) is 9.71. The molecule has 0 saturated heterocycles. The van der Waals surface area contributed by atoms with E-state index in [1.165, 1.54) is 0 Å². The van der Waals surface area contributed by atoms with Gasteiger partial charge in [-0.25, -0.2) is 0 Å². The minimum atomic E-state index is -1.01. The topological polar surface area (TPSA) is 46.2 Å². The number of halogens is 1. The van der Waals surface area contributed by atoms with E-state index in [1.807, 2.05) is 78.9 Å². The lowest BCUT2D eigenvalue weighted by Gasteiger charge is -2.40. The zero-order valence-corrected chi connectivity index (χ0v) is 18.2. The summed E-state index contributed by atoms with van der Waals surface area (Å²) in [6.07, 6.45) is 2.67. The molecule has 3 aromatic rings. The molecule has 0 spiro atoms. The summed E-state index contributed by atoms with van der Waals surface area (Å²) >= 11 is 6.16. The van der Waals surface area contributed by atoms with Crippen molar-refractivity contribution in [1.29, 1.82) is 0 Å². The van der Waals surface area contributed by atoms with Gasteiger partial charge in [-0.2, -0.15) is 0 Å². The first kappa shape index (κ1) is 20.8. The van der Waals surface area contributed by atoms with Crippen LogP contribution in [-0.4, -0.2) is 10.1 Å². The summed E-state index contributed by atoms with van der Waals surface area (Å²) in [5, 5.41) is 3.73. The molecule has 4 rings (SSSR count). The Morgan fingerprint density at radius 1 is 0.900 bits per heavy atom. The van der Waals surface area contributed by atoms with Crippen LogP contribution in [0.3, 0.4) is 0 Å². The maximum absolute atomic E-state index is 13.2. The maximum atomic E-state index is 13.2. The lowest BCUT2D eigenvalue weighted by Crippen LogP contribution is -2.46. The largest absolute Gasteiger partial charge is 0.325 e. The summed E-state index contributed by atoms with van der Waals surface area (Å²) in [6.45, 7) is 0. The molecule has 1 saturated carbocycles. The van der Waals surface area contributed by atoms with Crippen molar-refractivity contribution in [3.8, 4) is 0 Å². The maximum Gasteiger partial charge on any atom is 0.235 e. The quantitative estimate of drug-likeness (QED) is 0.504. The number of amides is 1. The van der Waals surface area contributed by atoms with Crippen molar-refractivity contribution in [2.75, 3.05) is 5.32 Å². The van der Waals surface area contributed by atoms with Gasteiger partial charge in [0.15, 0.2) is 0 Å². The molecule has 0 aliphatic heterocycles. The SMILES string of the molecule is O=C(Nc1cccc(CS(=O)Cc2ccccc2)c1)C1(c2cccc(Cl)c2)CCC1. The molecule has 1 unspecified atom stereocenters. The Kier molecular flexibility index (Phi) is 6.35. The van der Waals surface area contributed by atoms with Crippen LogP contribution in [0, 0.1) is 0 Å². The van der Waals surface area contributed by atoms with Crippen LogP contribution in [0.1, 0.15) is 36.0 Å². The summed E-state index contributed by atoms with van der Waals surface area (Å²) in [6, 6.07) is 25.1. The molecule has 0 aromatic heterocycles. The minimum Gasteiger partial charge on any atom is -0.325 e. The van der Waals surface area contributed by atoms with Crippen LogP contribution in [0.15, 0.2) is 78.9 Å². The third kappa shape index (κ3) is 4.66. The van der Waals surface area contributed by atoms with Crippen LogP contribution in [0.25, 0.3) is 0 Å².